The van der Waals surface area contributed by atoms with Gasteiger partial charge in [-0.2, -0.15) is 5.06 Å². The topological polar surface area (TPSA) is 75.8 Å². The predicted octanol–water partition coefficient (Wildman–Crippen LogP) is 3.24. The number of nitrogens with zero attached hydrogens (tertiary/aromatic N) is 1. The van der Waals surface area contributed by atoms with Crippen molar-refractivity contribution in [1.82, 2.24) is 5.06 Å². The third kappa shape index (κ3) is 2.68. The van der Waals surface area contributed by atoms with Gasteiger partial charge in [-0.1, -0.05) is 24.3 Å². The Morgan fingerprint density at radius 1 is 1.19 bits per heavy atom. The van der Waals surface area contributed by atoms with E-state index < -0.39 is 12.1 Å². The largest absolute Gasteiger partial charge is 0.457 e. The number of primary amides is 1. The van der Waals surface area contributed by atoms with Crippen molar-refractivity contribution < 1.29 is 14.7 Å². The summed E-state index contributed by atoms with van der Waals surface area (Å²) in [4.78, 5) is 11.1. The van der Waals surface area contributed by atoms with Gasteiger partial charge in [0.15, 0.2) is 0 Å². The lowest BCUT2D eigenvalue weighted by Crippen LogP contribution is -2.35. The number of nitrogens with two attached hydrogens (primary N) is 1. The van der Waals surface area contributed by atoms with Crippen molar-refractivity contribution in [3.63, 3.8) is 0 Å². The lowest BCUT2D eigenvalue weighted by molar-refractivity contribution is -0.0758. The van der Waals surface area contributed by atoms with E-state index in [9.17, 15) is 10.0 Å². The Morgan fingerprint density at radius 2 is 1.95 bits per heavy atom. The molecule has 5 heteroatoms. The first-order chi connectivity index (χ1) is 10.1. The van der Waals surface area contributed by atoms with Crippen LogP contribution in [0.25, 0.3) is 0 Å². The number of amides is 2. The highest BCUT2D eigenvalue weighted by Gasteiger charge is 2.29. The van der Waals surface area contributed by atoms with Gasteiger partial charge in [0.25, 0.3) is 0 Å². The number of rotatable bonds is 3. The molecule has 0 radical (unpaired) electrons. The van der Waals surface area contributed by atoms with Gasteiger partial charge < -0.3 is 10.5 Å². The Kier molecular flexibility index (Phi) is 3.50. The van der Waals surface area contributed by atoms with Crippen LogP contribution in [0.15, 0.2) is 48.5 Å². The van der Waals surface area contributed by atoms with Crippen molar-refractivity contribution in [2.45, 2.75) is 18.9 Å². The first-order valence-corrected chi connectivity index (χ1v) is 6.78. The van der Waals surface area contributed by atoms with E-state index in [-0.39, 0.29) is 0 Å². The summed E-state index contributed by atoms with van der Waals surface area (Å²) >= 11 is 0. The summed E-state index contributed by atoms with van der Waals surface area (Å²) < 4.78 is 5.78. The van der Waals surface area contributed by atoms with Crippen molar-refractivity contribution in [2.24, 2.45) is 5.73 Å². The lowest BCUT2D eigenvalue weighted by Gasteiger charge is -2.21. The number of aryl methyl sites for hydroxylation is 1. The lowest BCUT2D eigenvalue weighted by atomic mass is 10.1. The van der Waals surface area contributed by atoms with E-state index in [4.69, 9.17) is 10.5 Å². The molecule has 1 atom stereocenters. The number of hydroxylamine groups is 2. The van der Waals surface area contributed by atoms with Gasteiger partial charge in [0.2, 0.25) is 0 Å². The van der Waals surface area contributed by atoms with Gasteiger partial charge in [0.05, 0.1) is 6.04 Å². The maximum absolute atomic E-state index is 11.1. The Balaban J connectivity index is 1.87. The Morgan fingerprint density at radius 3 is 2.67 bits per heavy atom. The second-order valence-corrected chi connectivity index (χ2v) is 5.01. The third-order valence-electron chi connectivity index (χ3n) is 3.66. The van der Waals surface area contributed by atoms with Crippen LogP contribution in [0.2, 0.25) is 0 Å². The molecule has 21 heavy (non-hydrogen) atoms. The van der Waals surface area contributed by atoms with Crippen molar-refractivity contribution in [3.8, 4) is 11.5 Å². The minimum Gasteiger partial charge on any atom is -0.457 e. The summed E-state index contributed by atoms with van der Waals surface area (Å²) in [6, 6.07) is 13.9. The van der Waals surface area contributed by atoms with Gasteiger partial charge in [-0.3, -0.25) is 5.21 Å². The van der Waals surface area contributed by atoms with Crippen LogP contribution in [0.3, 0.4) is 0 Å². The summed E-state index contributed by atoms with van der Waals surface area (Å²) in [6.07, 6.45) is 1.46. The molecule has 0 spiro atoms. The number of fused-ring (bicyclic) bond motifs is 1. The molecule has 1 aliphatic rings. The fourth-order valence-corrected chi connectivity index (χ4v) is 2.65. The molecule has 2 amide bonds. The fraction of sp³-hybridized carbons (Fsp3) is 0.188. The Bertz CT molecular complexity index is 658. The standard InChI is InChI=1S/C16H16N2O3/c17-16(19)18(20)15-9-7-11-6-8-13(10-14(11)15)21-12-4-2-1-3-5-12/h1-6,8,10,15,20H,7,9H2,(H2,17,19)/t15-/m1/s1. The Hall–Kier alpha value is -2.53. The third-order valence-corrected chi connectivity index (χ3v) is 3.66. The monoisotopic (exact) mass is 284 g/mol. The van der Waals surface area contributed by atoms with E-state index in [2.05, 4.69) is 0 Å². The molecule has 3 N–H and O–H groups in total. The highest BCUT2D eigenvalue weighted by molar-refractivity contribution is 5.71. The summed E-state index contributed by atoms with van der Waals surface area (Å²) in [6.45, 7) is 0. The van der Waals surface area contributed by atoms with E-state index in [1.54, 1.807) is 0 Å². The molecular formula is C16H16N2O3. The SMILES string of the molecule is NC(=O)N(O)[C@@H]1CCc2ccc(Oc3ccccc3)cc21. The molecule has 108 valence electrons. The zero-order chi connectivity index (χ0) is 14.8. The first kappa shape index (κ1) is 13.5. The van der Waals surface area contributed by atoms with Gasteiger partial charge in [0.1, 0.15) is 11.5 Å². The highest BCUT2D eigenvalue weighted by Crippen LogP contribution is 2.37. The number of carbonyl (C=O) groups excluding carboxylic acids is 1. The predicted molar refractivity (Wildman–Crippen MR) is 77.2 cm³/mol. The van der Waals surface area contributed by atoms with Crippen LogP contribution in [0.4, 0.5) is 4.79 Å². The van der Waals surface area contributed by atoms with Crippen LogP contribution in [0, 0.1) is 0 Å². The zero-order valence-corrected chi connectivity index (χ0v) is 11.4. The first-order valence-electron chi connectivity index (χ1n) is 6.78. The van der Waals surface area contributed by atoms with Crippen molar-refractivity contribution in [2.75, 3.05) is 0 Å². The van der Waals surface area contributed by atoms with Crippen LogP contribution in [0.1, 0.15) is 23.6 Å². The number of urea groups is 1. The molecule has 1 aliphatic carbocycles. The summed E-state index contributed by atoms with van der Waals surface area (Å²) in [5.74, 6) is 1.41. The Labute approximate surface area is 122 Å². The fourth-order valence-electron chi connectivity index (χ4n) is 2.65. The number of hydrogen-bond acceptors (Lipinski definition) is 3. The van der Waals surface area contributed by atoms with Crippen molar-refractivity contribution in [3.05, 3.63) is 59.7 Å². The molecule has 0 aromatic heterocycles. The molecule has 0 heterocycles. The molecule has 0 bridgehead atoms. The van der Waals surface area contributed by atoms with Gasteiger partial charge in [0, 0.05) is 0 Å². The maximum Gasteiger partial charge on any atom is 0.339 e. The number of carbonyl (C=O) groups is 1. The van der Waals surface area contributed by atoms with E-state index >= 15 is 0 Å². The van der Waals surface area contributed by atoms with Crippen LogP contribution >= 0.6 is 0 Å². The van der Waals surface area contributed by atoms with E-state index in [1.165, 1.54) is 0 Å². The average Bonchev–Trinajstić information content (AvgIpc) is 2.90. The van der Waals surface area contributed by atoms with Gasteiger partial charge in [-0.15, -0.1) is 0 Å². The van der Waals surface area contributed by atoms with Crippen molar-refractivity contribution >= 4 is 6.03 Å². The normalized spacial score (nSPS) is 16.3. The second-order valence-electron chi connectivity index (χ2n) is 5.01. The summed E-state index contributed by atoms with van der Waals surface area (Å²) in [7, 11) is 0. The summed E-state index contributed by atoms with van der Waals surface area (Å²) in [5, 5.41) is 10.4. The minimum atomic E-state index is -0.845. The molecule has 0 aliphatic heterocycles. The zero-order valence-electron chi connectivity index (χ0n) is 11.4. The van der Waals surface area contributed by atoms with Crippen molar-refractivity contribution in [1.29, 1.82) is 0 Å². The molecule has 0 saturated heterocycles. The smallest absolute Gasteiger partial charge is 0.339 e. The number of benzene rings is 2. The molecule has 0 unspecified atom stereocenters. The molecule has 0 saturated carbocycles. The van der Waals surface area contributed by atoms with Crippen LogP contribution in [0.5, 0.6) is 11.5 Å². The van der Waals surface area contributed by atoms with Gasteiger partial charge >= 0.3 is 6.03 Å². The van der Waals surface area contributed by atoms with E-state index in [0.717, 1.165) is 23.3 Å². The van der Waals surface area contributed by atoms with Gasteiger partial charge in [-0.05, 0) is 48.2 Å². The number of ether oxygens (including phenoxy) is 1. The van der Waals surface area contributed by atoms with Gasteiger partial charge in [-0.25, -0.2) is 4.79 Å². The molecule has 3 rings (SSSR count). The second kappa shape index (κ2) is 5.46. The molecule has 2 aromatic carbocycles. The molecule has 0 fully saturated rings. The maximum atomic E-state index is 11.1. The quantitative estimate of drug-likeness (QED) is 0.671. The summed E-state index contributed by atoms with van der Waals surface area (Å²) in [5.41, 5.74) is 7.12. The van der Waals surface area contributed by atoms with Crippen LogP contribution in [-0.2, 0) is 6.42 Å². The van der Waals surface area contributed by atoms with Crippen LogP contribution in [-0.4, -0.2) is 16.3 Å². The minimum absolute atomic E-state index is 0.406. The average molecular weight is 284 g/mol. The van der Waals surface area contributed by atoms with E-state index in [1.807, 2.05) is 48.5 Å². The van der Waals surface area contributed by atoms with E-state index in [0.29, 0.717) is 17.2 Å². The molecule has 5 nitrogen and oxygen atoms in total. The number of hydrogen-bond donors (Lipinski definition) is 2. The number of para-hydroxylation sites is 1. The molecular weight excluding hydrogens is 268 g/mol. The van der Waals surface area contributed by atoms with Crippen LogP contribution < -0.4 is 10.5 Å². The highest BCUT2D eigenvalue weighted by atomic mass is 16.5. The molecule has 2 aromatic rings.